The first kappa shape index (κ1) is 11.9. The van der Waals surface area contributed by atoms with Gasteiger partial charge in [0.25, 0.3) is 0 Å². The smallest absolute Gasteiger partial charge is 0.163 e. The van der Waals surface area contributed by atoms with Crippen molar-refractivity contribution < 1.29 is 9.47 Å². The first-order chi connectivity index (χ1) is 7.13. The Hall–Kier alpha value is -1.18. The molecule has 0 aliphatic heterocycles. The van der Waals surface area contributed by atoms with Gasteiger partial charge in [-0.05, 0) is 36.5 Å². The number of aryl methyl sites for hydroxylation is 1. The molecule has 2 nitrogen and oxygen atoms in total. The van der Waals surface area contributed by atoms with Gasteiger partial charge in [0, 0.05) is 0 Å². The number of methoxy groups -OCH3 is 2. The molecule has 1 rings (SSSR count). The molecule has 0 heterocycles. The van der Waals surface area contributed by atoms with Gasteiger partial charge in [0.15, 0.2) is 11.5 Å². The fourth-order valence-corrected chi connectivity index (χ4v) is 1.70. The van der Waals surface area contributed by atoms with E-state index in [4.69, 9.17) is 9.47 Å². The standard InChI is InChI=1S/C13H20O2/c1-6-9(2)11-7-10(3)13(15-5)12(8-11)14-4/h7-9H,6H2,1-5H3/t9-/m0/s1. The lowest BCUT2D eigenvalue weighted by Gasteiger charge is -2.15. The zero-order valence-electron chi connectivity index (χ0n) is 10.3. The van der Waals surface area contributed by atoms with E-state index in [2.05, 4.69) is 26.0 Å². The van der Waals surface area contributed by atoms with E-state index < -0.39 is 0 Å². The van der Waals surface area contributed by atoms with Crippen molar-refractivity contribution in [1.82, 2.24) is 0 Å². The summed E-state index contributed by atoms with van der Waals surface area (Å²) in [6.07, 6.45) is 1.13. The number of ether oxygens (including phenoxy) is 2. The van der Waals surface area contributed by atoms with Crippen molar-refractivity contribution in [3.05, 3.63) is 23.3 Å². The van der Waals surface area contributed by atoms with Crippen LogP contribution in [0.2, 0.25) is 0 Å². The van der Waals surface area contributed by atoms with Crippen molar-refractivity contribution in [2.75, 3.05) is 14.2 Å². The molecular weight excluding hydrogens is 188 g/mol. The number of benzene rings is 1. The first-order valence-corrected chi connectivity index (χ1v) is 5.36. The van der Waals surface area contributed by atoms with E-state index in [0.717, 1.165) is 23.5 Å². The Morgan fingerprint density at radius 1 is 1.20 bits per heavy atom. The molecule has 0 N–H and O–H groups in total. The van der Waals surface area contributed by atoms with Crippen LogP contribution in [0.15, 0.2) is 12.1 Å². The molecule has 0 saturated heterocycles. The highest BCUT2D eigenvalue weighted by Gasteiger charge is 2.11. The van der Waals surface area contributed by atoms with Crippen LogP contribution in [0.3, 0.4) is 0 Å². The zero-order chi connectivity index (χ0) is 11.4. The minimum atomic E-state index is 0.559. The summed E-state index contributed by atoms with van der Waals surface area (Å²) >= 11 is 0. The molecule has 84 valence electrons. The molecule has 0 radical (unpaired) electrons. The van der Waals surface area contributed by atoms with Crippen LogP contribution in [0.4, 0.5) is 0 Å². The Morgan fingerprint density at radius 3 is 2.33 bits per heavy atom. The molecule has 0 aliphatic carbocycles. The highest BCUT2D eigenvalue weighted by atomic mass is 16.5. The fraction of sp³-hybridized carbons (Fsp3) is 0.538. The summed E-state index contributed by atoms with van der Waals surface area (Å²) < 4.78 is 10.6. The molecule has 1 aromatic rings. The quantitative estimate of drug-likeness (QED) is 0.753. The number of rotatable bonds is 4. The van der Waals surface area contributed by atoms with Gasteiger partial charge in [0.1, 0.15) is 0 Å². The van der Waals surface area contributed by atoms with Gasteiger partial charge in [-0.1, -0.05) is 19.9 Å². The van der Waals surface area contributed by atoms with Gasteiger partial charge in [0.2, 0.25) is 0 Å². The van der Waals surface area contributed by atoms with Crippen LogP contribution in [-0.2, 0) is 0 Å². The molecule has 0 spiro atoms. The van der Waals surface area contributed by atoms with Gasteiger partial charge in [-0.25, -0.2) is 0 Å². The van der Waals surface area contributed by atoms with Gasteiger partial charge in [-0.15, -0.1) is 0 Å². The summed E-state index contributed by atoms with van der Waals surface area (Å²) in [6.45, 7) is 6.46. The summed E-state index contributed by atoms with van der Waals surface area (Å²) in [5.41, 5.74) is 2.44. The first-order valence-electron chi connectivity index (χ1n) is 5.36. The minimum Gasteiger partial charge on any atom is -0.493 e. The van der Waals surface area contributed by atoms with E-state index in [1.165, 1.54) is 5.56 Å². The van der Waals surface area contributed by atoms with Crippen molar-refractivity contribution in [3.63, 3.8) is 0 Å². The Kier molecular flexibility index (Phi) is 4.01. The van der Waals surface area contributed by atoms with Gasteiger partial charge in [-0.2, -0.15) is 0 Å². The molecule has 0 aliphatic rings. The second-order valence-corrected chi connectivity index (χ2v) is 3.88. The van der Waals surface area contributed by atoms with Gasteiger partial charge in [-0.3, -0.25) is 0 Å². The van der Waals surface area contributed by atoms with Crippen LogP contribution >= 0.6 is 0 Å². The summed E-state index contributed by atoms with van der Waals surface area (Å²) in [7, 11) is 3.35. The Labute approximate surface area is 92.2 Å². The lowest BCUT2D eigenvalue weighted by atomic mass is 9.96. The van der Waals surface area contributed by atoms with Crippen LogP contribution in [0.25, 0.3) is 0 Å². The average molecular weight is 208 g/mol. The highest BCUT2D eigenvalue weighted by molar-refractivity contribution is 5.49. The van der Waals surface area contributed by atoms with Crippen molar-refractivity contribution in [1.29, 1.82) is 0 Å². The summed E-state index contributed by atoms with van der Waals surface area (Å²) in [6, 6.07) is 4.25. The molecule has 2 heteroatoms. The van der Waals surface area contributed by atoms with E-state index in [9.17, 15) is 0 Å². The van der Waals surface area contributed by atoms with Crippen LogP contribution in [-0.4, -0.2) is 14.2 Å². The normalized spacial score (nSPS) is 12.3. The third-order valence-corrected chi connectivity index (χ3v) is 2.87. The Bertz CT molecular complexity index is 332. The maximum Gasteiger partial charge on any atom is 0.163 e. The molecule has 0 saturated carbocycles. The number of hydrogen-bond donors (Lipinski definition) is 0. The van der Waals surface area contributed by atoms with Crippen molar-refractivity contribution in [3.8, 4) is 11.5 Å². The predicted octanol–water partition coefficient (Wildman–Crippen LogP) is 3.53. The molecule has 0 aromatic heterocycles. The van der Waals surface area contributed by atoms with E-state index in [-0.39, 0.29) is 0 Å². The zero-order valence-corrected chi connectivity index (χ0v) is 10.3. The average Bonchev–Trinajstić information content (AvgIpc) is 2.26. The molecular formula is C13H20O2. The molecule has 0 amide bonds. The van der Waals surface area contributed by atoms with E-state index >= 15 is 0 Å². The number of hydrogen-bond acceptors (Lipinski definition) is 2. The van der Waals surface area contributed by atoms with E-state index in [1.54, 1.807) is 14.2 Å². The van der Waals surface area contributed by atoms with Crippen molar-refractivity contribution in [2.45, 2.75) is 33.1 Å². The maximum atomic E-state index is 5.33. The third kappa shape index (κ3) is 2.44. The lowest BCUT2D eigenvalue weighted by molar-refractivity contribution is 0.352. The van der Waals surface area contributed by atoms with Gasteiger partial charge in [0.05, 0.1) is 14.2 Å². The molecule has 15 heavy (non-hydrogen) atoms. The second kappa shape index (κ2) is 5.06. The van der Waals surface area contributed by atoms with Crippen molar-refractivity contribution in [2.24, 2.45) is 0 Å². The monoisotopic (exact) mass is 208 g/mol. The molecule has 1 aromatic carbocycles. The molecule has 0 fully saturated rings. The molecule has 0 unspecified atom stereocenters. The fourth-order valence-electron chi connectivity index (χ4n) is 1.70. The van der Waals surface area contributed by atoms with E-state index in [0.29, 0.717) is 5.92 Å². The molecule has 0 bridgehead atoms. The van der Waals surface area contributed by atoms with Crippen LogP contribution in [0, 0.1) is 6.92 Å². The van der Waals surface area contributed by atoms with Crippen LogP contribution in [0.1, 0.15) is 37.3 Å². The van der Waals surface area contributed by atoms with Crippen LogP contribution in [0.5, 0.6) is 11.5 Å². The minimum absolute atomic E-state index is 0.559. The second-order valence-electron chi connectivity index (χ2n) is 3.88. The van der Waals surface area contributed by atoms with Gasteiger partial charge >= 0.3 is 0 Å². The van der Waals surface area contributed by atoms with Crippen LogP contribution < -0.4 is 9.47 Å². The topological polar surface area (TPSA) is 18.5 Å². The summed E-state index contributed by atoms with van der Waals surface area (Å²) in [5, 5.41) is 0. The third-order valence-electron chi connectivity index (χ3n) is 2.87. The summed E-state index contributed by atoms with van der Waals surface area (Å²) in [4.78, 5) is 0. The largest absolute Gasteiger partial charge is 0.493 e. The SMILES string of the molecule is CC[C@H](C)c1cc(C)c(OC)c(OC)c1. The molecule has 1 atom stereocenters. The summed E-state index contributed by atoms with van der Waals surface area (Å²) in [5.74, 6) is 2.22. The van der Waals surface area contributed by atoms with Crippen molar-refractivity contribution >= 4 is 0 Å². The van der Waals surface area contributed by atoms with Gasteiger partial charge < -0.3 is 9.47 Å². The predicted molar refractivity (Wildman–Crippen MR) is 63.0 cm³/mol. The lowest BCUT2D eigenvalue weighted by Crippen LogP contribution is -1.98. The Balaban J connectivity index is 3.19. The highest BCUT2D eigenvalue weighted by Crippen LogP contribution is 2.34. The maximum absolute atomic E-state index is 5.33. The Morgan fingerprint density at radius 2 is 1.87 bits per heavy atom. The van der Waals surface area contributed by atoms with E-state index in [1.807, 2.05) is 6.92 Å².